The molecule has 1 heterocycles. The standard InChI is InChI=1S/C18H18N4O3S/c1-22(2)26(24,25)17-10-6-3-7-13(17)11-20-18(23)16-12-19-14-8-4-5-9-15(14)21-16/h3-10,12H,11H2,1-2H3,(H,20,23). The topological polar surface area (TPSA) is 92.3 Å². The summed E-state index contributed by atoms with van der Waals surface area (Å²) in [5, 5.41) is 2.71. The Morgan fingerprint density at radius 1 is 1.04 bits per heavy atom. The van der Waals surface area contributed by atoms with Gasteiger partial charge < -0.3 is 5.32 Å². The molecular weight excluding hydrogens is 352 g/mol. The van der Waals surface area contributed by atoms with Gasteiger partial charge in [0.25, 0.3) is 5.91 Å². The van der Waals surface area contributed by atoms with E-state index < -0.39 is 15.9 Å². The summed E-state index contributed by atoms with van der Waals surface area (Å²) in [4.78, 5) is 21.0. The van der Waals surface area contributed by atoms with Gasteiger partial charge in [0.2, 0.25) is 10.0 Å². The Balaban J connectivity index is 1.82. The quantitative estimate of drug-likeness (QED) is 0.739. The highest BCUT2D eigenvalue weighted by atomic mass is 32.2. The highest BCUT2D eigenvalue weighted by molar-refractivity contribution is 7.89. The first-order valence-corrected chi connectivity index (χ1v) is 9.34. The fourth-order valence-electron chi connectivity index (χ4n) is 2.43. The van der Waals surface area contributed by atoms with E-state index in [4.69, 9.17) is 0 Å². The van der Waals surface area contributed by atoms with Crippen LogP contribution in [0.5, 0.6) is 0 Å². The molecule has 0 aliphatic carbocycles. The van der Waals surface area contributed by atoms with Gasteiger partial charge in [0, 0.05) is 20.6 Å². The van der Waals surface area contributed by atoms with Crippen LogP contribution in [0.1, 0.15) is 16.1 Å². The second kappa shape index (κ2) is 7.19. The number of rotatable bonds is 5. The first-order valence-electron chi connectivity index (χ1n) is 7.90. The zero-order chi connectivity index (χ0) is 18.7. The maximum Gasteiger partial charge on any atom is 0.271 e. The molecule has 2 aromatic carbocycles. The number of benzene rings is 2. The number of hydrogen-bond acceptors (Lipinski definition) is 5. The van der Waals surface area contributed by atoms with Gasteiger partial charge >= 0.3 is 0 Å². The number of sulfonamides is 1. The number of para-hydroxylation sites is 2. The molecule has 0 aliphatic rings. The van der Waals surface area contributed by atoms with Gasteiger partial charge in [-0.1, -0.05) is 30.3 Å². The van der Waals surface area contributed by atoms with Crippen molar-refractivity contribution in [1.82, 2.24) is 19.6 Å². The summed E-state index contributed by atoms with van der Waals surface area (Å²) in [5.41, 5.74) is 2.00. The molecule has 0 atom stereocenters. The summed E-state index contributed by atoms with van der Waals surface area (Å²) >= 11 is 0. The van der Waals surface area contributed by atoms with Crippen molar-refractivity contribution in [2.24, 2.45) is 0 Å². The van der Waals surface area contributed by atoms with E-state index in [1.54, 1.807) is 24.3 Å². The number of nitrogens with zero attached hydrogens (tertiary/aromatic N) is 3. The molecule has 26 heavy (non-hydrogen) atoms. The molecule has 0 fully saturated rings. The number of carbonyl (C=O) groups is 1. The van der Waals surface area contributed by atoms with Gasteiger partial charge in [-0.2, -0.15) is 0 Å². The van der Waals surface area contributed by atoms with E-state index in [0.29, 0.717) is 16.6 Å². The Morgan fingerprint density at radius 2 is 1.69 bits per heavy atom. The lowest BCUT2D eigenvalue weighted by molar-refractivity contribution is 0.0945. The zero-order valence-corrected chi connectivity index (χ0v) is 15.2. The average molecular weight is 370 g/mol. The highest BCUT2D eigenvalue weighted by Gasteiger charge is 2.21. The molecule has 134 valence electrons. The lowest BCUT2D eigenvalue weighted by Crippen LogP contribution is -2.27. The lowest BCUT2D eigenvalue weighted by atomic mass is 10.2. The minimum absolute atomic E-state index is 0.0661. The van der Waals surface area contributed by atoms with Gasteiger partial charge in [-0.15, -0.1) is 0 Å². The van der Waals surface area contributed by atoms with Crippen LogP contribution in [0.15, 0.2) is 59.6 Å². The third kappa shape index (κ3) is 3.56. The van der Waals surface area contributed by atoms with Crippen LogP contribution < -0.4 is 5.32 Å². The molecule has 0 bridgehead atoms. The van der Waals surface area contributed by atoms with Crippen LogP contribution in [-0.4, -0.2) is 42.7 Å². The van der Waals surface area contributed by atoms with Crippen LogP contribution in [0.4, 0.5) is 0 Å². The second-order valence-electron chi connectivity index (χ2n) is 5.82. The Kier molecular flexibility index (Phi) is 4.97. The molecule has 7 nitrogen and oxygen atoms in total. The Hall–Kier alpha value is -2.84. The van der Waals surface area contributed by atoms with Crippen molar-refractivity contribution in [1.29, 1.82) is 0 Å². The largest absolute Gasteiger partial charge is 0.347 e. The highest BCUT2D eigenvalue weighted by Crippen LogP contribution is 2.18. The molecule has 3 aromatic rings. The van der Waals surface area contributed by atoms with E-state index in [2.05, 4.69) is 15.3 Å². The third-order valence-corrected chi connectivity index (χ3v) is 5.77. The second-order valence-corrected chi connectivity index (χ2v) is 7.94. The van der Waals surface area contributed by atoms with Crippen LogP contribution in [0.2, 0.25) is 0 Å². The molecular formula is C18H18N4O3S. The van der Waals surface area contributed by atoms with Crippen molar-refractivity contribution in [3.8, 4) is 0 Å². The summed E-state index contributed by atoms with van der Waals surface area (Å²) in [6.07, 6.45) is 1.40. The smallest absolute Gasteiger partial charge is 0.271 e. The maximum absolute atomic E-state index is 12.4. The molecule has 1 aromatic heterocycles. The minimum atomic E-state index is -3.59. The summed E-state index contributed by atoms with van der Waals surface area (Å²) in [6.45, 7) is 0.0661. The molecule has 0 aliphatic heterocycles. The van der Waals surface area contributed by atoms with E-state index in [-0.39, 0.29) is 17.1 Å². The molecule has 0 radical (unpaired) electrons. The van der Waals surface area contributed by atoms with Crippen molar-refractivity contribution >= 4 is 27.0 Å². The Labute approximate surface area is 151 Å². The average Bonchev–Trinajstić information content (AvgIpc) is 2.65. The van der Waals surface area contributed by atoms with E-state index in [9.17, 15) is 13.2 Å². The van der Waals surface area contributed by atoms with Gasteiger partial charge in [0.1, 0.15) is 5.69 Å². The maximum atomic E-state index is 12.4. The van der Waals surface area contributed by atoms with E-state index in [1.165, 1.54) is 26.4 Å². The number of hydrogen-bond donors (Lipinski definition) is 1. The normalized spacial score (nSPS) is 11.7. The van der Waals surface area contributed by atoms with Gasteiger partial charge in [0.05, 0.1) is 22.1 Å². The molecule has 0 saturated carbocycles. The van der Waals surface area contributed by atoms with Crippen molar-refractivity contribution in [3.63, 3.8) is 0 Å². The van der Waals surface area contributed by atoms with Crippen LogP contribution >= 0.6 is 0 Å². The molecule has 3 rings (SSSR count). The summed E-state index contributed by atoms with van der Waals surface area (Å²) < 4.78 is 26.0. The zero-order valence-electron chi connectivity index (χ0n) is 14.4. The van der Waals surface area contributed by atoms with E-state index in [0.717, 1.165) is 4.31 Å². The summed E-state index contributed by atoms with van der Waals surface area (Å²) in [7, 11) is -0.660. The van der Waals surface area contributed by atoms with Crippen LogP contribution in [0.3, 0.4) is 0 Å². The van der Waals surface area contributed by atoms with Crippen LogP contribution in [-0.2, 0) is 16.6 Å². The Morgan fingerprint density at radius 3 is 2.42 bits per heavy atom. The first-order chi connectivity index (χ1) is 12.4. The number of aromatic nitrogens is 2. The van der Waals surface area contributed by atoms with Gasteiger partial charge in [-0.3, -0.25) is 9.78 Å². The van der Waals surface area contributed by atoms with Crippen molar-refractivity contribution in [3.05, 3.63) is 66.0 Å². The summed E-state index contributed by atoms with van der Waals surface area (Å²) in [6, 6.07) is 13.8. The third-order valence-electron chi connectivity index (χ3n) is 3.85. The molecule has 8 heteroatoms. The van der Waals surface area contributed by atoms with Crippen LogP contribution in [0, 0.1) is 0 Å². The first kappa shape index (κ1) is 18.0. The minimum Gasteiger partial charge on any atom is -0.347 e. The number of nitrogens with one attached hydrogen (secondary N) is 1. The van der Waals surface area contributed by atoms with Crippen molar-refractivity contribution in [2.75, 3.05) is 14.1 Å². The predicted octanol–water partition coefficient (Wildman–Crippen LogP) is 1.81. The number of amides is 1. The Bertz CT molecular complexity index is 1060. The number of carbonyl (C=O) groups excluding carboxylic acids is 1. The van der Waals surface area contributed by atoms with Crippen molar-refractivity contribution < 1.29 is 13.2 Å². The SMILES string of the molecule is CN(C)S(=O)(=O)c1ccccc1CNC(=O)c1cnc2ccccc2n1. The fraction of sp³-hybridized carbons (Fsp3) is 0.167. The van der Waals surface area contributed by atoms with E-state index in [1.807, 2.05) is 18.2 Å². The van der Waals surface area contributed by atoms with Gasteiger partial charge in [-0.25, -0.2) is 17.7 Å². The molecule has 0 unspecified atom stereocenters. The van der Waals surface area contributed by atoms with Gasteiger partial charge in [0.15, 0.2) is 0 Å². The van der Waals surface area contributed by atoms with Gasteiger partial charge in [-0.05, 0) is 23.8 Å². The van der Waals surface area contributed by atoms with E-state index >= 15 is 0 Å². The van der Waals surface area contributed by atoms with Crippen molar-refractivity contribution in [2.45, 2.75) is 11.4 Å². The molecule has 1 N–H and O–H groups in total. The fourth-order valence-corrected chi connectivity index (χ4v) is 3.55. The predicted molar refractivity (Wildman–Crippen MR) is 98.0 cm³/mol. The molecule has 0 spiro atoms. The molecule has 1 amide bonds. The number of fused-ring (bicyclic) bond motifs is 1. The van der Waals surface area contributed by atoms with Crippen LogP contribution in [0.25, 0.3) is 11.0 Å². The lowest BCUT2D eigenvalue weighted by Gasteiger charge is -2.15. The summed E-state index contributed by atoms with van der Waals surface area (Å²) in [5.74, 6) is -0.416. The monoisotopic (exact) mass is 370 g/mol. The molecule has 0 saturated heterocycles.